The molecule has 0 aliphatic carbocycles. The average molecular weight is 504 g/mol. The van der Waals surface area contributed by atoms with Crippen molar-refractivity contribution in [2.24, 2.45) is 14.1 Å². The highest BCUT2D eigenvalue weighted by Crippen LogP contribution is 2.38. The van der Waals surface area contributed by atoms with Crippen LogP contribution in [0.25, 0.3) is 44.7 Å². The third kappa shape index (κ3) is 4.35. The maximum absolute atomic E-state index is 13.6. The normalized spacial score (nSPS) is 17.8. The molecule has 1 fully saturated rings. The fraction of sp³-hybridized carbons (Fsp3) is 0.444. The molecule has 0 amide bonds. The highest BCUT2D eigenvalue weighted by Gasteiger charge is 2.29. The van der Waals surface area contributed by atoms with Crippen LogP contribution in [0.2, 0.25) is 0 Å². The van der Waals surface area contributed by atoms with E-state index in [2.05, 4.69) is 22.1 Å². The van der Waals surface area contributed by atoms with Crippen molar-refractivity contribution in [3.05, 3.63) is 46.9 Å². The van der Waals surface area contributed by atoms with E-state index in [9.17, 15) is 4.79 Å². The van der Waals surface area contributed by atoms with Crippen LogP contribution in [0.4, 0.5) is 0 Å². The number of fused-ring (bicyclic) bond motifs is 3. The number of aryl methyl sites for hydroxylation is 3. The lowest BCUT2D eigenvalue weighted by Crippen LogP contribution is -2.34. The highest BCUT2D eigenvalue weighted by molar-refractivity contribution is 6.05. The highest BCUT2D eigenvalue weighted by atomic mass is 16.5. The molecule has 1 aliphatic heterocycles. The second-order valence-corrected chi connectivity index (χ2v) is 9.28. The Hall–Kier alpha value is -3.79. The maximum atomic E-state index is 13.6. The molecule has 5 aromatic rings. The fourth-order valence-electron chi connectivity index (χ4n) is 5.07. The first kappa shape index (κ1) is 24.9. The molecule has 0 radical (unpaired) electrons. The summed E-state index contributed by atoms with van der Waals surface area (Å²) in [5, 5.41) is 8.58. The summed E-state index contributed by atoms with van der Waals surface area (Å²) in [5.41, 5.74) is 6.06. The van der Waals surface area contributed by atoms with Gasteiger partial charge < -0.3 is 9.15 Å². The van der Waals surface area contributed by atoms with Crippen molar-refractivity contribution in [2.45, 2.75) is 59.1 Å². The maximum Gasteiger partial charge on any atom is 0.349 e. The molecule has 5 aromatic heterocycles. The average Bonchev–Trinajstić information content (AvgIpc) is 3.62. The minimum atomic E-state index is -0.314. The first-order chi connectivity index (χ1) is 17.9. The van der Waals surface area contributed by atoms with Gasteiger partial charge in [0, 0.05) is 50.3 Å². The third-order valence-electron chi connectivity index (χ3n) is 6.82. The fourth-order valence-corrected chi connectivity index (χ4v) is 5.07. The monoisotopic (exact) mass is 503 g/mol. The van der Waals surface area contributed by atoms with Gasteiger partial charge in [0.15, 0.2) is 11.2 Å². The number of aromatic nitrogens is 7. The Morgan fingerprint density at radius 2 is 1.70 bits per heavy atom. The molecule has 2 unspecified atom stereocenters. The van der Waals surface area contributed by atoms with Crippen molar-refractivity contribution in [3.63, 3.8) is 0 Å². The van der Waals surface area contributed by atoms with Gasteiger partial charge in [-0.05, 0) is 37.8 Å². The lowest BCUT2D eigenvalue weighted by atomic mass is 10.0. The van der Waals surface area contributed by atoms with Gasteiger partial charge in [0.2, 0.25) is 0 Å². The van der Waals surface area contributed by atoms with E-state index in [1.54, 1.807) is 26.3 Å². The molecule has 37 heavy (non-hydrogen) atoms. The quantitative estimate of drug-likeness (QED) is 0.347. The van der Waals surface area contributed by atoms with Gasteiger partial charge >= 0.3 is 5.69 Å². The number of nitrogens with zero attached hydrogens (tertiary/aromatic N) is 7. The molecule has 2 atom stereocenters. The Morgan fingerprint density at radius 3 is 2.32 bits per heavy atom. The first-order valence-electron chi connectivity index (χ1n) is 12.9. The summed E-state index contributed by atoms with van der Waals surface area (Å²) in [5.74, 6) is 0. The largest absolute Gasteiger partial charge is 0.450 e. The van der Waals surface area contributed by atoms with Gasteiger partial charge in [0.1, 0.15) is 16.7 Å². The zero-order valence-corrected chi connectivity index (χ0v) is 22.2. The van der Waals surface area contributed by atoms with Crippen LogP contribution < -0.4 is 5.69 Å². The molecule has 0 saturated carbocycles. The molecule has 0 aromatic carbocycles. The van der Waals surface area contributed by atoms with Gasteiger partial charge in [-0.1, -0.05) is 20.8 Å². The molecule has 6 rings (SSSR count). The Bertz CT molecular complexity index is 1620. The van der Waals surface area contributed by atoms with Gasteiger partial charge in [0.05, 0.1) is 24.2 Å². The van der Waals surface area contributed by atoms with E-state index in [1.807, 2.05) is 53.3 Å². The summed E-state index contributed by atoms with van der Waals surface area (Å²) in [6.45, 7) is 8.71. The molecule has 0 N–H and O–H groups in total. The minimum Gasteiger partial charge on any atom is -0.450 e. The topological polar surface area (TPSA) is 106 Å². The van der Waals surface area contributed by atoms with E-state index in [0.29, 0.717) is 34.5 Å². The Labute approximate surface area is 214 Å². The Balaban J connectivity index is 0.00000137. The zero-order chi connectivity index (χ0) is 26.3. The van der Waals surface area contributed by atoms with Crippen LogP contribution in [-0.4, -0.2) is 46.8 Å². The molecule has 1 saturated heterocycles. The number of furan rings is 1. The van der Waals surface area contributed by atoms with E-state index in [-0.39, 0.29) is 17.8 Å². The number of hydrogen-bond donors (Lipinski definition) is 0. The first-order valence-corrected chi connectivity index (χ1v) is 12.9. The molecular formula is C27H33N7O3. The van der Waals surface area contributed by atoms with Crippen LogP contribution in [0.15, 0.2) is 40.1 Å². The Kier molecular flexibility index (Phi) is 6.68. The zero-order valence-electron chi connectivity index (χ0n) is 22.2. The molecule has 0 spiro atoms. The predicted molar refractivity (Wildman–Crippen MR) is 142 cm³/mol. The lowest BCUT2D eigenvalue weighted by Gasteiger charge is -2.30. The van der Waals surface area contributed by atoms with Crippen molar-refractivity contribution in [2.75, 3.05) is 6.61 Å². The summed E-state index contributed by atoms with van der Waals surface area (Å²) >= 11 is 0. The van der Waals surface area contributed by atoms with Crippen molar-refractivity contribution >= 4 is 22.2 Å². The van der Waals surface area contributed by atoms with Gasteiger partial charge in [0.25, 0.3) is 0 Å². The summed E-state index contributed by atoms with van der Waals surface area (Å²) in [6, 6.07) is 1.93. The summed E-state index contributed by atoms with van der Waals surface area (Å²) in [6.07, 6.45) is 9.73. The van der Waals surface area contributed by atoms with E-state index in [0.717, 1.165) is 41.6 Å². The molecule has 6 heterocycles. The van der Waals surface area contributed by atoms with Crippen molar-refractivity contribution < 1.29 is 9.15 Å². The second kappa shape index (κ2) is 9.93. The molecule has 1 aliphatic rings. The second-order valence-electron chi connectivity index (χ2n) is 9.28. The van der Waals surface area contributed by atoms with E-state index in [1.165, 1.54) is 0 Å². The lowest BCUT2D eigenvalue weighted by molar-refractivity contribution is -0.00710. The number of ether oxygens (including phenoxy) is 1. The van der Waals surface area contributed by atoms with E-state index in [4.69, 9.17) is 14.1 Å². The summed E-state index contributed by atoms with van der Waals surface area (Å²) < 4.78 is 17.5. The van der Waals surface area contributed by atoms with Crippen LogP contribution in [0.5, 0.6) is 0 Å². The molecule has 0 bridgehead atoms. The van der Waals surface area contributed by atoms with Gasteiger partial charge in [-0.25, -0.2) is 9.78 Å². The SMILES string of the molecule is CC.CCC1CC(n2c(=O)nc(-c3cnn(C)c3)c3oc4cc(C)c(-c5cnn(C)c5)nc4c32)CCO1. The summed E-state index contributed by atoms with van der Waals surface area (Å²) in [4.78, 5) is 23.1. The third-order valence-corrected chi connectivity index (χ3v) is 6.82. The van der Waals surface area contributed by atoms with Crippen molar-refractivity contribution in [1.82, 2.24) is 34.1 Å². The predicted octanol–water partition coefficient (Wildman–Crippen LogP) is 4.80. The number of pyridine rings is 1. The molecule has 10 heteroatoms. The van der Waals surface area contributed by atoms with Crippen molar-refractivity contribution in [3.8, 4) is 22.5 Å². The van der Waals surface area contributed by atoms with Gasteiger partial charge in [-0.2, -0.15) is 15.2 Å². The van der Waals surface area contributed by atoms with Crippen LogP contribution in [0.1, 0.15) is 51.6 Å². The van der Waals surface area contributed by atoms with Gasteiger partial charge in [-0.3, -0.25) is 13.9 Å². The molecule has 10 nitrogen and oxygen atoms in total. The number of hydrogen-bond acceptors (Lipinski definition) is 7. The minimum absolute atomic E-state index is 0.0510. The Morgan fingerprint density at radius 1 is 1.03 bits per heavy atom. The van der Waals surface area contributed by atoms with Crippen LogP contribution in [0, 0.1) is 6.92 Å². The molecule has 194 valence electrons. The summed E-state index contributed by atoms with van der Waals surface area (Å²) in [7, 11) is 3.71. The van der Waals surface area contributed by atoms with E-state index < -0.39 is 0 Å². The van der Waals surface area contributed by atoms with E-state index >= 15 is 0 Å². The van der Waals surface area contributed by atoms with Crippen LogP contribution in [0.3, 0.4) is 0 Å². The smallest absolute Gasteiger partial charge is 0.349 e. The van der Waals surface area contributed by atoms with Crippen LogP contribution >= 0.6 is 0 Å². The van der Waals surface area contributed by atoms with Gasteiger partial charge in [-0.15, -0.1) is 0 Å². The standard InChI is InChI=1S/C25H27N7O3.C2H6/c1-5-18-9-17(6-7-34-18)32-23-22-19(8-14(2)20(28-22)15-10-26-30(3)12-15)35-24(23)21(29-25(32)33)16-11-27-31(4)13-16;1-2/h8,10-13,17-18H,5-7,9H2,1-4H3;1-2H3. The van der Waals surface area contributed by atoms with Crippen LogP contribution in [-0.2, 0) is 18.8 Å². The molecular weight excluding hydrogens is 470 g/mol. The van der Waals surface area contributed by atoms with Crippen molar-refractivity contribution in [1.29, 1.82) is 0 Å². The number of rotatable bonds is 4.